The van der Waals surface area contributed by atoms with E-state index in [2.05, 4.69) is 243 Å². The van der Waals surface area contributed by atoms with Crippen LogP contribution in [0.2, 0.25) is 0 Å². The summed E-state index contributed by atoms with van der Waals surface area (Å²) in [5.74, 6) is 10.3. The molecule has 0 aliphatic heterocycles. The normalized spacial score (nSPS) is 22.6. The summed E-state index contributed by atoms with van der Waals surface area (Å²) >= 11 is 0. The molecule has 2 nitrogen and oxygen atoms in total. The minimum Gasteiger partial charge on any atom is -0.219 e. The highest BCUT2D eigenvalue weighted by atomic mass is 32.2. The van der Waals surface area contributed by atoms with Gasteiger partial charge in [-0.1, -0.05) is 347 Å². The number of sulfone groups is 1. The first kappa shape index (κ1) is 76.1. The van der Waals surface area contributed by atoms with Gasteiger partial charge in [-0.3, -0.25) is 0 Å². The molecule has 0 amide bonds. The highest BCUT2D eigenvalue weighted by Crippen LogP contribution is 2.43. The van der Waals surface area contributed by atoms with Gasteiger partial charge in [-0.15, -0.1) is 0 Å². The van der Waals surface area contributed by atoms with Crippen molar-refractivity contribution >= 4 is 9.84 Å². The van der Waals surface area contributed by atoms with Gasteiger partial charge >= 0.3 is 0 Å². The van der Waals surface area contributed by atoms with E-state index in [0.717, 1.165) is 76.7 Å². The molecule has 0 N–H and O–H groups in total. The van der Waals surface area contributed by atoms with E-state index in [-0.39, 0.29) is 5.41 Å². The maximum atomic E-state index is 12.3. The predicted octanol–water partition coefficient (Wildman–Crippen LogP) is 26.2. The summed E-state index contributed by atoms with van der Waals surface area (Å²) in [6.45, 7) is 35.8. The lowest BCUT2D eigenvalue weighted by molar-refractivity contribution is 0.139. The second-order valence-electron chi connectivity index (χ2n) is 31.4. The van der Waals surface area contributed by atoms with Crippen LogP contribution < -0.4 is 0 Å². The van der Waals surface area contributed by atoms with Gasteiger partial charge in [0.25, 0.3) is 0 Å². The van der Waals surface area contributed by atoms with Crippen molar-refractivity contribution in [2.24, 2.45) is 59.2 Å². The number of hydrogen-bond acceptors (Lipinski definition) is 2. The molecule has 8 aromatic rings. The molecule has 0 heterocycles. The smallest absolute Gasteiger partial charge is 0.206 e. The summed E-state index contributed by atoms with van der Waals surface area (Å²) in [7, 11) is -3.37. The molecule has 0 bridgehead atoms. The predicted molar refractivity (Wildman–Crippen MR) is 412 cm³/mol. The summed E-state index contributed by atoms with van der Waals surface area (Å²) in [5.41, 5.74) is 18.1. The zero-order valence-corrected chi connectivity index (χ0v) is 62.8. The third-order valence-electron chi connectivity index (χ3n) is 22.3. The van der Waals surface area contributed by atoms with Crippen LogP contribution in [-0.2, 0) is 21.7 Å². The summed E-state index contributed by atoms with van der Waals surface area (Å²) in [4.78, 5) is 0.680. The van der Waals surface area contributed by atoms with Gasteiger partial charge in [-0.25, -0.2) is 8.42 Å². The van der Waals surface area contributed by atoms with Gasteiger partial charge < -0.3 is 0 Å². The Kier molecular flexibility index (Phi) is 30.0. The van der Waals surface area contributed by atoms with E-state index in [1.54, 1.807) is 61.4 Å². The van der Waals surface area contributed by atoms with Crippen molar-refractivity contribution in [2.75, 3.05) is 0 Å². The molecule has 0 aromatic heterocycles. The number of benzene rings is 8. The molecule has 12 rings (SSSR count). The molecule has 3 heteroatoms. The zero-order chi connectivity index (χ0) is 68.7. The minimum atomic E-state index is -3.37. The summed E-state index contributed by atoms with van der Waals surface area (Å²) in [5, 5.41) is 0. The van der Waals surface area contributed by atoms with Crippen molar-refractivity contribution in [1.82, 2.24) is 0 Å². The maximum absolute atomic E-state index is 12.3. The fourth-order valence-corrected chi connectivity index (χ4v) is 15.9. The minimum absolute atomic E-state index is 0.0708. The lowest BCUT2D eigenvalue weighted by Gasteiger charge is -2.37. The van der Waals surface area contributed by atoms with Gasteiger partial charge in [-0.2, -0.15) is 0 Å². The quantitative estimate of drug-likeness (QED) is 0.129. The average Bonchev–Trinajstić information content (AvgIpc) is 0.839. The fraction of sp³-hybridized carbons (Fsp3) is 0.478. The molecule has 0 spiro atoms. The molecule has 8 aromatic carbocycles. The lowest BCUT2D eigenvalue weighted by Crippen LogP contribution is -2.26. The monoisotopic (exact) mass is 1290 g/mol. The molecule has 4 aliphatic carbocycles. The molecule has 6 atom stereocenters. The Labute approximate surface area is 581 Å². The molecular formula is C92H124O2S. The molecule has 4 saturated carbocycles. The molecule has 4 aliphatic rings. The second kappa shape index (κ2) is 37.4. The molecule has 0 radical (unpaired) electrons. The zero-order valence-electron chi connectivity index (χ0n) is 62.0. The largest absolute Gasteiger partial charge is 0.219 e. The van der Waals surface area contributed by atoms with Crippen LogP contribution in [0.4, 0.5) is 0 Å². The van der Waals surface area contributed by atoms with Crippen LogP contribution in [0.3, 0.4) is 0 Å². The first-order valence-electron chi connectivity index (χ1n) is 37.1. The van der Waals surface area contributed by atoms with Gasteiger partial charge in [-0.05, 0) is 204 Å². The lowest BCUT2D eigenvalue weighted by atomic mass is 9.68. The van der Waals surface area contributed by atoms with Gasteiger partial charge in [0.05, 0.1) is 9.79 Å². The third-order valence-corrected chi connectivity index (χ3v) is 24.1. The van der Waals surface area contributed by atoms with Crippen molar-refractivity contribution in [1.29, 1.82) is 0 Å². The summed E-state index contributed by atoms with van der Waals surface area (Å²) in [6.07, 6.45) is 25.4. The standard InChI is InChI=1S/C17H20.C17H32.C15H28.C15H16.C14H14O2S.C14H14/c1-13-5-9-15(10-6-13)17(3,4)16-11-7-14(2)8-12-16;1-12-5-7-16(9-14(12)3)11-17-8-6-13(2)15(4)10-17;2*1-12-3-7-14(8-4-12)11-15-9-5-13(2)6-10-15;1-11-3-7-13(8-4-11)17(15,16)14-9-5-12(2)6-10-14;1-11-3-7-13(8-4-11)14-9-5-12(2)6-10-14/h5-12H,1-4H3;12-17H,5-11H2,1-4H3;12-15H,3-11H2,1-2H3;3-10H,11H2,1-2H3;3-10H,1-2H3;3-10H,1-2H3. The second-order valence-corrected chi connectivity index (χ2v) is 33.3. The highest BCUT2D eigenvalue weighted by molar-refractivity contribution is 7.91. The van der Waals surface area contributed by atoms with Crippen molar-refractivity contribution in [2.45, 2.75) is 235 Å². The Balaban J connectivity index is 0.000000161. The number of rotatable bonds is 11. The van der Waals surface area contributed by atoms with Crippen molar-refractivity contribution in [3.8, 4) is 11.1 Å². The van der Waals surface area contributed by atoms with Gasteiger partial charge in [0.2, 0.25) is 9.84 Å². The molecule has 95 heavy (non-hydrogen) atoms. The average molecular weight is 1290 g/mol. The van der Waals surface area contributed by atoms with E-state index in [1.807, 2.05) is 13.8 Å². The SMILES string of the molecule is CC1CCC(CC2CCC(C)C(C)C2)CC1C.CC1CCC(CC2CCC(C)CC2)CC1.Cc1ccc(-c2ccc(C)cc2)cc1.Cc1ccc(C(C)(C)c2ccc(C)cc2)cc1.Cc1ccc(Cc2ccc(C)cc2)cc1.Cc1ccc(S(=O)(=O)c2ccc(C)cc2)cc1. The fourth-order valence-electron chi connectivity index (χ4n) is 14.6. The first-order chi connectivity index (χ1) is 45.3. The van der Waals surface area contributed by atoms with Gasteiger partial charge in [0.1, 0.15) is 0 Å². The number of hydrogen-bond donors (Lipinski definition) is 0. The Morgan fingerprint density at radius 3 is 0.821 bits per heavy atom. The molecule has 510 valence electrons. The number of aryl methyl sites for hydroxylation is 8. The Morgan fingerprint density at radius 1 is 0.295 bits per heavy atom. The molecule has 4 fully saturated rings. The highest BCUT2D eigenvalue weighted by Gasteiger charge is 2.31. The van der Waals surface area contributed by atoms with Crippen LogP contribution in [0.5, 0.6) is 0 Å². The van der Waals surface area contributed by atoms with E-state index in [0.29, 0.717) is 9.79 Å². The van der Waals surface area contributed by atoms with Crippen LogP contribution >= 0.6 is 0 Å². The first-order valence-corrected chi connectivity index (χ1v) is 38.5. The Morgan fingerprint density at radius 2 is 0.537 bits per heavy atom. The summed E-state index contributed by atoms with van der Waals surface area (Å²) in [6, 6.07) is 66.2. The van der Waals surface area contributed by atoms with E-state index in [4.69, 9.17) is 0 Å². The van der Waals surface area contributed by atoms with E-state index >= 15 is 0 Å². The van der Waals surface area contributed by atoms with Crippen molar-refractivity contribution < 1.29 is 8.42 Å². The van der Waals surface area contributed by atoms with E-state index in [1.165, 1.54) is 157 Å². The third kappa shape index (κ3) is 25.3. The topological polar surface area (TPSA) is 34.1 Å². The van der Waals surface area contributed by atoms with E-state index < -0.39 is 9.84 Å². The van der Waals surface area contributed by atoms with Crippen molar-refractivity contribution in [3.05, 3.63) is 261 Å². The van der Waals surface area contributed by atoms with Crippen LogP contribution in [-0.4, -0.2) is 8.42 Å². The Hall–Kier alpha value is -6.29. The van der Waals surface area contributed by atoms with Crippen LogP contribution in [0, 0.1) is 115 Å². The van der Waals surface area contributed by atoms with Crippen LogP contribution in [0.25, 0.3) is 11.1 Å². The van der Waals surface area contributed by atoms with Gasteiger partial charge in [0.15, 0.2) is 0 Å². The van der Waals surface area contributed by atoms with Crippen LogP contribution in [0.1, 0.15) is 225 Å². The molecule has 0 saturated heterocycles. The summed E-state index contributed by atoms with van der Waals surface area (Å²) < 4.78 is 24.5. The maximum Gasteiger partial charge on any atom is 0.206 e. The molecular weight excluding hydrogens is 1170 g/mol. The van der Waals surface area contributed by atoms with E-state index in [9.17, 15) is 8.42 Å². The molecule has 6 unspecified atom stereocenters. The Bertz CT molecular complexity index is 3310. The van der Waals surface area contributed by atoms with Crippen molar-refractivity contribution in [3.63, 3.8) is 0 Å². The van der Waals surface area contributed by atoms with Gasteiger partial charge in [0, 0.05) is 5.41 Å². The van der Waals surface area contributed by atoms with Crippen LogP contribution in [0.15, 0.2) is 204 Å².